The summed E-state index contributed by atoms with van der Waals surface area (Å²) in [7, 11) is 1.50. The first-order valence-electron chi connectivity index (χ1n) is 5.11. The Kier molecular flexibility index (Phi) is 6.41. The van der Waals surface area contributed by atoms with Crippen LogP contribution in [0.3, 0.4) is 0 Å². The quantitative estimate of drug-likeness (QED) is 0.604. The number of methoxy groups -OCH3 is 1. The van der Waals surface area contributed by atoms with Crippen molar-refractivity contribution in [2.45, 2.75) is 32.2 Å². The molecule has 0 spiro atoms. The largest absolute Gasteiger partial charge is 0.501 e. The molecule has 0 bridgehead atoms. The number of carbonyl (C=O) groups excluding carboxylic acids is 1. The van der Waals surface area contributed by atoms with Gasteiger partial charge >= 0.3 is 5.97 Å². The molecule has 0 amide bonds. The molecule has 5 nitrogen and oxygen atoms in total. The van der Waals surface area contributed by atoms with E-state index in [-0.39, 0.29) is 24.5 Å². The van der Waals surface area contributed by atoms with Gasteiger partial charge in [0.1, 0.15) is 11.8 Å². The van der Waals surface area contributed by atoms with Crippen molar-refractivity contribution in [3.63, 3.8) is 0 Å². The van der Waals surface area contributed by atoms with Crippen molar-refractivity contribution in [1.82, 2.24) is 0 Å². The van der Waals surface area contributed by atoms with Crippen LogP contribution in [0.15, 0.2) is 12.3 Å². The normalized spacial score (nSPS) is 13.9. The number of hydrogen-bond acceptors (Lipinski definition) is 4. The average Bonchev–Trinajstić information content (AvgIpc) is 2.24. The van der Waals surface area contributed by atoms with Gasteiger partial charge in [-0.15, -0.1) is 0 Å². The predicted octanol–water partition coefficient (Wildman–Crippen LogP) is 0.934. The second-order valence-corrected chi connectivity index (χ2v) is 3.80. The molecule has 0 saturated carbocycles. The highest BCUT2D eigenvalue weighted by Crippen LogP contribution is 2.15. The summed E-state index contributed by atoms with van der Waals surface area (Å²) in [5.74, 6) is -0.612. The maximum Gasteiger partial charge on any atom is 0.320 e. The van der Waals surface area contributed by atoms with Gasteiger partial charge in [-0.25, -0.2) is 0 Å². The Labute approximate surface area is 95.3 Å². The number of ketones is 1. The molecule has 0 fully saturated rings. The zero-order valence-electron chi connectivity index (χ0n) is 9.73. The number of allylic oxidation sites excluding steroid dienone is 1. The van der Waals surface area contributed by atoms with Crippen LogP contribution in [0.1, 0.15) is 26.2 Å². The van der Waals surface area contributed by atoms with Gasteiger partial charge in [-0.3, -0.25) is 9.59 Å². The number of aliphatic carboxylic acids is 1. The first-order chi connectivity index (χ1) is 7.38. The van der Waals surface area contributed by atoms with Gasteiger partial charge < -0.3 is 15.6 Å². The van der Waals surface area contributed by atoms with E-state index in [0.717, 1.165) is 0 Å². The third-order valence-corrected chi connectivity index (χ3v) is 2.40. The lowest BCUT2D eigenvalue weighted by Gasteiger charge is -2.12. The van der Waals surface area contributed by atoms with Crippen molar-refractivity contribution in [2.24, 2.45) is 11.7 Å². The summed E-state index contributed by atoms with van der Waals surface area (Å²) < 4.78 is 4.91. The number of Topliss-reactive ketones (excluding diaryl/α,β-unsaturated/α-hetero) is 1. The van der Waals surface area contributed by atoms with Crippen LogP contribution in [0.2, 0.25) is 0 Å². The molecule has 16 heavy (non-hydrogen) atoms. The Balaban J connectivity index is 3.91. The second kappa shape index (κ2) is 7.00. The number of carbonyl (C=O) groups is 2. The van der Waals surface area contributed by atoms with Crippen LogP contribution in [-0.4, -0.2) is 30.0 Å². The lowest BCUT2D eigenvalue weighted by Crippen LogP contribution is -2.30. The molecule has 0 aromatic rings. The number of nitrogens with two attached hydrogens (primary N) is 1. The third kappa shape index (κ3) is 5.50. The fourth-order valence-electron chi connectivity index (χ4n) is 1.20. The van der Waals surface area contributed by atoms with Crippen LogP contribution in [0.5, 0.6) is 0 Å². The summed E-state index contributed by atoms with van der Waals surface area (Å²) in [6, 6.07) is -0.968. The Hall–Kier alpha value is -1.36. The Bertz CT molecular complexity index is 275. The van der Waals surface area contributed by atoms with Crippen LogP contribution in [0, 0.1) is 5.92 Å². The molecule has 0 saturated heterocycles. The fraction of sp³-hybridized carbons (Fsp3) is 0.636. The van der Waals surface area contributed by atoms with E-state index in [9.17, 15) is 9.59 Å². The van der Waals surface area contributed by atoms with Crippen molar-refractivity contribution < 1.29 is 19.4 Å². The molecule has 92 valence electrons. The molecule has 0 rings (SSSR count). The van der Waals surface area contributed by atoms with E-state index in [2.05, 4.69) is 6.58 Å². The molecule has 0 aromatic carbocycles. The van der Waals surface area contributed by atoms with Crippen molar-refractivity contribution in [3.05, 3.63) is 12.3 Å². The van der Waals surface area contributed by atoms with Gasteiger partial charge in [0.2, 0.25) is 0 Å². The number of hydrogen-bond donors (Lipinski definition) is 2. The topological polar surface area (TPSA) is 89.6 Å². The van der Waals surface area contributed by atoms with Gasteiger partial charge in [0, 0.05) is 18.8 Å². The predicted molar refractivity (Wildman–Crippen MR) is 59.8 cm³/mol. The molecular formula is C11H19NO4. The summed E-state index contributed by atoms with van der Waals surface area (Å²) in [5.41, 5.74) is 5.29. The number of ether oxygens (including phenoxy) is 1. The molecule has 0 radical (unpaired) electrons. The molecule has 3 N–H and O–H groups in total. The minimum Gasteiger partial charge on any atom is -0.501 e. The number of rotatable bonds is 8. The molecule has 2 atom stereocenters. The van der Waals surface area contributed by atoms with Crippen molar-refractivity contribution in [3.8, 4) is 0 Å². The molecule has 0 aliphatic carbocycles. The fourth-order valence-corrected chi connectivity index (χ4v) is 1.20. The van der Waals surface area contributed by atoms with E-state index in [1.165, 1.54) is 7.11 Å². The lowest BCUT2D eigenvalue weighted by molar-refractivity contribution is -0.138. The molecular weight excluding hydrogens is 210 g/mol. The molecule has 5 heteroatoms. The van der Waals surface area contributed by atoms with E-state index in [1.54, 1.807) is 0 Å². The molecule has 2 unspecified atom stereocenters. The Morgan fingerprint density at radius 1 is 1.50 bits per heavy atom. The minimum atomic E-state index is -1.08. The van der Waals surface area contributed by atoms with Crippen LogP contribution in [0.4, 0.5) is 0 Å². The maximum atomic E-state index is 11.5. The first-order valence-corrected chi connectivity index (χ1v) is 5.11. The Morgan fingerprint density at radius 3 is 2.50 bits per heavy atom. The van der Waals surface area contributed by atoms with Crippen LogP contribution in [0.25, 0.3) is 0 Å². The number of carboxylic acids is 1. The molecule has 0 aromatic heterocycles. The van der Waals surface area contributed by atoms with E-state index in [1.807, 2.05) is 6.92 Å². The van der Waals surface area contributed by atoms with Gasteiger partial charge in [-0.05, 0) is 6.42 Å². The maximum absolute atomic E-state index is 11.5. The summed E-state index contributed by atoms with van der Waals surface area (Å²) >= 11 is 0. The summed E-state index contributed by atoms with van der Waals surface area (Å²) in [4.78, 5) is 21.9. The summed E-state index contributed by atoms with van der Waals surface area (Å²) in [5, 5.41) is 8.53. The smallest absolute Gasteiger partial charge is 0.320 e. The van der Waals surface area contributed by atoms with Crippen molar-refractivity contribution in [2.75, 3.05) is 7.11 Å². The number of carboxylic acid groups (broad SMARTS) is 1. The van der Waals surface area contributed by atoms with Crippen molar-refractivity contribution >= 4 is 11.8 Å². The summed E-state index contributed by atoms with van der Waals surface area (Å²) in [6.45, 7) is 5.49. The lowest BCUT2D eigenvalue weighted by atomic mass is 9.99. The van der Waals surface area contributed by atoms with Crippen molar-refractivity contribution in [1.29, 1.82) is 0 Å². The van der Waals surface area contributed by atoms with Crippen LogP contribution in [-0.2, 0) is 14.3 Å². The highest BCUT2D eigenvalue weighted by Gasteiger charge is 2.16. The third-order valence-electron chi connectivity index (χ3n) is 2.40. The molecule has 0 heterocycles. The minimum absolute atomic E-state index is 0.0256. The van der Waals surface area contributed by atoms with Crippen LogP contribution < -0.4 is 5.73 Å². The van der Waals surface area contributed by atoms with E-state index in [4.69, 9.17) is 15.6 Å². The SMILES string of the molecule is C=C(OC)C(C)CC(=O)CCC(N)C(=O)O. The summed E-state index contributed by atoms with van der Waals surface area (Å²) in [6.07, 6.45) is 0.647. The zero-order chi connectivity index (χ0) is 12.7. The first kappa shape index (κ1) is 14.6. The van der Waals surface area contributed by atoms with E-state index >= 15 is 0 Å². The zero-order valence-corrected chi connectivity index (χ0v) is 9.73. The highest BCUT2D eigenvalue weighted by atomic mass is 16.5. The standard InChI is InChI=1S/C11H19NO4/c1-7(8(2)16-3)6-9(13)4-5-10(12)11(14)15/h7,10H,2,4-6,12H2,1,3H3,(H,14,15). The second-order valence-electron chi connectivity index (χ2n) is 3.80. The van der Waals surface area contributed by atoms with Gasteiger partial charge in [-0.2, -0.15) is 0 Å². The van der Waals surface area contributed by atoms with Gasteiger partial charge in [0.25, 0.3) is 0 Å². The highest BCUT2D eigenvalue weighted by molar-refractivity contribution is 5.80. The monoisotopic (exact) mass is 229 g/mol. The molecule has 0 aliphatic heterocycles. The van der Waals surface area contributed by atoms with Crippen LogP contribution >= 0.6 is 0 Å². The van der Waals surface area contributed by atoms with Gasteiger partial charge in [0.15, 0.2) is 0 Å². The van der Waals surface area contributed by atoms with E-state index in [0.29, 0.717) is 12.2 Å². The average molecular weight is 229 g/mol. The van der Waals surface area contributed by atoms with Gasteiger partial charge in [-0.1, -0.05) is 13.5 Å². The van der Waals surface area contributed by atoms with E-state index < -0.39 is 12.0 Å². The van der Waals surface area contributed by atoms with Gasteiger partial charge in [0.05, 0.1) is 12.9 Å². The Morgan fingerprint density at radius 2 is 2.06 bits per heavy atom. The molecule has 0 aliphatic rings.